The van der Waals surface area contributed by atoms with Crippen LogP contribution in [0.3, 0.4) is 0 Å². The Morgan fingerprint density at radius 1 is 1.26 bits per heavy atom. The van der Waals surface area contributed by atoms with E-state index in [1.165, 1.54) is 6.92 Å². The number of alkyl halides is 2. The van der Waals surface area contributed by atoms with Crippen molar-refractivity contribution in [2.24, 2.45) is 0 Å². The van der Waals surface area contributed by atoms with Gasteiger partial charge in [-0.1, -0.05) is 0 Å². The van der Waals surface area contributed by atoms with E-state index in [1.54, 1.807) is 20.8 Å². The molecule has 0 aliphatic carbocycles. The van der Waals surface area contributed by atoms with Gasteiger partial charge in [0.1, 0.15) is 11.1 Å². The molecule has 5 nitrogen and oxygen atoms in total. The molecule has 1 aliphatic heterocycles. The van der Waals surface area contributed by atoms with E-state index in [0.29, 0.717) is 4.90 Å². The Labute approximate surface area is 110 Å². The number of hydrogen-bond donors (Lipinski definition) is 1. The number of likely N-dealkylation sites (tertiary alicyclic amines) is 1. The Bertz CT molecular complexity index is 392. The first-order chi connectivity index (χ1) is 8.37. The summed E-state index contributed by atoms with van der Waals surface area (Å²) in [6.07, 6.45) is -1.90. The fourth-order valence-corrected chi connectivity index (χ4v) is 1.85. The van der Waals surface area contributed by atoms with Crippen LogP contribution in [0, 0.1) is 0 Å². The average molecular weight is 279 g/mol. The normalized spacial score (nSPS) is 26.9. The summed E-state index contributed by atoms with van der Waals surface area (Å²) in [7, 11) is 0. The van der Waals surface area contributed by atoms with Crippen LogP contribution in [0.1, 0.15) is 40.5 Å². The molecule has 0 saturated carbocycles. The number of nitrogens with zero attached hydrogens (tertiary/aromatic N) is 1. The lowest BCUT2D eigenvalue weighted by atomic mass is 9.87. The first kappa shape index (κ1) is 15.7. The summed E-state index contributed by atoms with van der Waals surface area (Å²) in [4.78, 5) is 23.8. The van der Waals surface area contributed by atoms with Crippen LogP contribution >= 0.6 is 0 Å². The number of aliphatic carboxylic acids is 1. The van der Waals surface area contributed by atoms with E-state index in [1.807, 2.05) is 0 Å². The van der Waals surface area contributed by atoms with Crippen LogP contribution < -0.4 is 0 Å². The summed E-state index contributed by atoms with van der Waals surface area (Å²) in [5.74, 6) is -4.40. The molecular formula is C12H19F2NO4. The molecule has 0 aromatic rings. The minimum Gasteiger partial charge on any atom is -0.480 e. The van der Waals surface area contributed by atoms with Crippen LogP contribution in [-0.2, 0) is 9.53 Å². The van der Waals surface area contributed by atoms with E-state index in [0.717, 1.165) is 0 Å². The second-order valence-electron chi connectivity index (χ2n) is 6.00. The van der Waals surface area contributed by atoms with Crippen molar-refractivity contribution >= 4 is 12.1 Å². The fourth-order valence-electron chi connectivity index (χ4n) is 1.85. The van der Waals surface area contributed by atoms with Gasteiger partial charge in [0.05, 0.1) is 6.54 Å². The number of carboxylic acid groups (broad SMARTS) is 1. The molecular weight excluding hydrogens is 260 g/mol. The van der Waals surface area contributed by atoms with Gasteiger partial charge < -0.3 is 9.84 Å². The lowest BCUT2D eigenvalue weighted by Gasteiger charge is -2.44. The number of carbonyl (C=O) groups is 2. The van der Waals surface area contributed by atoms with Gasteiger partial charge >= 0.3 is 12.1 Å². The maximum absolute atomic E-state index is 13.4. The SMILES string of the molecule is CC(C)(C)OC(=O)N1CC(F)(F)CCC1(C)C(=O)O. The predicted molar refractivity (Wildman–Crippen MR) is 63.2 cm³/mol. The minimum absolute atomic E-state index is 0.311. The molecule has 0 aromatic heterocycles. The molecule has 0 aromatic carbocycles. The van der Waals surface area contributed by atoms with Gasteiger partial charge in [-0.05, 0) is 34.1 Å². The maximum Gasteiger partial charge on any atom is 0.411 e. The topological polar surface area (TPSA) is 66.8 Å². The molecule has 1 aliphatic rings. The van der Waals surface area contributed by atoms with Gasteiger partial charge in [-0.2, -0.15) is 0 Å². The zero-order valence-electron chi connectivity index (χ0n) is 11.5. The molecule has 1 saturated heterocycles. The van der Waals surface area contributed by atoms with Crippen molar-refractivity contribution in [2.75, 3.05) is 6.54 Å². The van der Waals surface area contributed by atoms with Crippen molar-refractivity contribution in [3.05, 3.63) is 0 Å². The molecule has 19 heavy (non-hydrogen) atoms. The smallest absolute Gasteiger partial charge is 0.411 e. The Morgan fingerprint density at radius 3 is 2.21 bits per heavy atom. The van der Waals surface area contributed by atoms with E-state index in [9.17, 15) is 23.5 Å². The van der Waals surface area contributed by atoms with Crippen LogP contribution in [0.5, 0.6) is 0 Å². The Kier molecular flexibility index (Phi) is 3.80. The van der Waals surface area contributed by atoms with Crippen molar-refractivity contribution in [1.82, 2.24) is 4.90 Å². The van der Waals surface area contributed by atoms with Crippen molar-refractivity contribution in [3.8, 4) is 0 Å². The van der Waals surface area contributed by atoms with Gasteiger partial charge in [-0.15, -0.1) is 0 Å². The highest BCUT2D eigenvalue weighted by molar-refractivity contribution is 5.84. The number of ether oxygens (including phenoxy) is 1. The van der Waals surface area contributed by atoms with Gasteiger partial charge in [0.15, 0.2) is 0 Å². The van der Waals surface area contributed by atoms with Crippen LogP contribution in [-0.4, -0.2) is 45.7 Å². The van der Waals surface area contributed by atoms with Crippen molar-refractivity contribution in [3.63, 3.8) is 0 Å². The first-order valence-electron chi connectivity index (χ1n) is 5.99. The van der Waals surface area contributed by atoms with Crippen LogP contribution in [0.4, 0.5) is 13.6 Å². The largest absolute Gasteiger partial charge is 0.480 e. The number of carbonyl (C=O) groups excluding carboxylic acids is 1. The summed E-state index contributed by atoms with van der Waals surface area (Å²) in [5.41, 5.74) is -2.53. The first-order valence-corrected chi connectivity index (χ1v) is 5.99. The molecule has 0 radical (unpaired) electrons. The fraction of sp³-hybridized carbons (Fsp3) is 0.833. The molecule has 1 unspecified atom stereocenters. The van der Waals surface area contributed by atoms with Crippen LogP contribution in [0.15, 0.2) is 0 Å². The number of carboxylic acids is 1. The second kappa shape index (κ2) is 4.61. The van der Waals surface area contributed by atoms with Crippen LogP contribution in [0.25, 0.3) is 0 Å². The minimum atomic E-state index is -3.09. The standard InChI is InChI=1S/C12H19F2NO4/c1-10(2,3)19-9(18)15-7-12(13,14)6-5-11(15,4)8(16)17/h5-7H2,1-4H3,(H,16,17). The summed E-state index contributed by atoms with van der Waals surface area (Å²) in [6, 6.07) is 0. The number of halogens is 2. The van der Waals surface area contributed by atoms with Crippen molar-refractivity contribution in [1.29, 1.82) is 0 Å². The third kappa shape index (κ3) is 3.54. The number of rotatable bonds is 1. The van der Waals surface area contributed by atoms with Gasteiger partial charge in [-0.25, -0.2) is 18.4 Å². The van der Waals surface area contributed by atoms with Gasteiger partial charge in [0, 0.05) is 6.42 Å². The van der Waals surface area contributed by atoms with Crippen LogP contribution in [0.2, 0.25) is 0 Å². The molecule has 0 spiro atoms. The molecule has 1 amide bonds. The maximum atomic E-state index is 13.4. The monoisotopic (exact) mass is 279 g/mol. The quantitative estimate of drug-likeness (QED) is 0.800. The van der Waals surface area contributed by atoms with E-state index in [2.05, 4.69) is 0 Å². The van der Waals surface area contributed by atoms with Gasteiger partial charge in [0.25, 0.3) is 5.92 Å². The summed E-state index contributed by atoms with van der Waals surface area (Å²) >= 11 is 0. The lowest BCUT2D eigenvalue weighted by Crippen LogP contribution is -2.62. The Hall–Kier alpha value is -1.40. The highest BCUT2D eigenvalue weighted by atomic mass is 19.3. The summed E-state index contributed by atoms with van der Waals surface area (Å²) in [5, 5.41) is 9.19. The molecule has 1 fully saturated rings. The van der Waals surface area contributed by atoms with Gasteiger partial charge in [-0.3, -0.25) is 4.90 Å². The van der Waals surface area contributed by atoms with E-state index in [-0.39, 0.29) is 6.42 Å². The van der Waals surface area contributed by atoms with Crippen molar-refractivity contribution in [2.45, 2.75) is 57.6 Å². The Morgan fingerprint density at radius 2 is 1.79 bits per heavy atom. The Balaban J connectivity index is 3.02. The third-order valence-electron chi connectivity index (χ3n) is 3.04. The molecule has 1 heterocycles. The average Bonchev–Trinajstić information content (AvgIpc) is 2.19. The molecule has 1 rings (SSSR count). The summed E-state index contributed by atoms with van der Waals surface area (Å²) in [6.45, 7) is 5.08. The predicted octanol–water partition coefficient (Wildman–Crippen LogP) is 2.50. The summed E-state index contributed by atoms with van der Waals surface area (Å²) < 4.78 is 31.8. The molecule has 1 N–H and O–H groups in total. The molecule has 7 heteroatoms. The highest BCUT2D eigenvalue weighted by Gasteiger charge is 2.53. The van der Waals surface area contributed by atoms with E-state index < -0.39 is 42.1 Å². The molecule has 110 valence electrons. The van der Waals surface area contributed by atoms with Gasteiger partial charge in [0.2, 0.25) is 0 Å². The molecule has 1 atom stereocenters. The third-order valence-corrected chi connectivity index (χ3v) is 3.04. The number of amides is 1. The van der Waals surface area contributed by atoms with Crippen molar-refractivity contribution < 1.29 is 28.2 Å². The highest BCUT2D eigenvalue weighted by Crippen LogP contribution is 2.37. The zero-order valence-corrected chi connectivity index (χ0v) is 11.5. The molecule has 0 bridgehead atoms. The zero-order chi connectivity index (χ0) is 15.1. The number of hydrogen-bond acceptors (Lipinski definition) is 3. The second-order valence-corrected chi connectivity index (χ2v) is 6.00. The van der Waals surface area contributed by atoms with E-state index in [4.69, 9.17) is 4.74 Å². The van der Waals surface area contributed by atoms with E-state index >= 15 is 0 Å². The number of piperidine rings is 1. The lowest BCUT2D eigenvalue weighted by molar-refractivity contribution is -0.163.